The van der Waals surface area contributed by atoms with Gasteiger partial charge in [-0.25, -0.2) is 32.8 Å². The smallest absolute Gasteiger partial charge is 0.238 e. The SMILES string of the molecule is CS(=O)(=O)Nc1ccc(-c2cccc(S(N)(=O)=O)c2C2NNNN2)cc1. The Morgan fingerprint density at radius 1 is 0.962 bits per heavy atom. The fourth-order valence-corrected chi connectivity index (χ4v) is 4.04. The topological polar surface area (TPSA) is 154 Å². The van der Waals surface area contributed by atoms with Gasteiger partial charge in [0.05, 0.1) is 11.2 Å². The van der Waals surface area contributed by atoms with Gasteiger partial charge in [-0.15, -0.1) is 0 Å². The molecule has 1 saturated heterocycles. The van der Waals surface area contributed by atoms with Crippen LogP contribution in [0.5, 0.6) is 0 Å². The molecule has 0 amide bonds. The highest BCUT2D eigenvalue weighted by Crippen LogP contribution is 2.33. The number of hydrogen-bond acceptors (Lipinski definition) is 8. The number of benzene rings is 2. The Morgan fingerprint density at radius 2 is 1.58 bits per heavy atom. The van der Waals surface area contributed by atoms with Gasteiger partial charge in [0, 0.05) is 11.3 Å². The zero-order valence-electron chi connectivity index (χ0n) is 13.6. The first kappa shape index (κ1) is 18.7. The van der Waals surface area contributed by atoms with Crippen molar-refractivity contribution in [1.82, 2.24) is 21.9 Å². The molecule has 10 nitrogen and oxygen atoms in total. The van der Waals surface area contributed by atoms with E-state index < -0.39 is 26.2 Å². The minimum absolute atomic E-state index is 0.0242. The number of primary sulfonamides is 1. The highest BCUT2D eigenvalue weighted by molar-refractivity contribution is 7.92. The Hall–Kier alpha value is -2.06. The summed E-state index contributed by atoms with van der Waals surface area (Å²) in [6, 6.07) is 11.3. The molecule has 0 unspecified atom stereocenters. The van der Waals surface area contributed by atoms with Crippen LogP contribution in [-0.2, 0) is 20.0 Å². The van der Waals surface area contributed by atoms with Crippen molar-refractivity contribution < 1.29 is 16.8 Å². The Morgan fingerprint density at radius 3 is 2.12 bits per heavy atom. The largest absolute Gasteiger partial charge is 0.284 e. The summed E-state index contributed by atoms with van der Waals surface area (Å²) >= 11 is 0. The van der Waals surface area contributed by atoms with Crippen LogP contribution in [0.25, 0.3) is 11.1 Å². The number of rotatable bonds is 5. The summed E-state index contributed by atoms with van der Waals surface area (Å²) in [5.74, 6) is 0. The summed E-state index contributed by atoms with van der Waals surface area (Å²) < 4.78 is 49.0. The lowest BCUT2D eigenvalue weighted by Gasteiger charge is -2.19. The first-order valence-electron chi connectivity index (χ1n) is 7.40. The maximum atomic E-state index is 12.0. The van der Waals surface area contributed by atoms with Crippen molar-refractivity contribution >= 4 is 25.7 Å². The van der Waals surface area contributed by atoms with E-state index in [1.54, 1.807) is 36.4 Å². The first-order valence-corrected chi connectivity index (χ1v) is 10.8. The molecule has 0 atom stereocenters. The van der Waals surface area contributed by atoms with Gasteiger partial charge in [-0.05, 0) is 29.3 Å². The quantitative estimate of drug-likeness (QED) is 0.393. The van der Waals surface area contributed by atoms with Crippen LogP contribution in [0.4, 0.5) is 5.69 Å². The van der Waals surface area contributed by atoms with Crippen LogP contribution < -0.4 is 31.8 Å². The average Bonchev–Trinajstić information content (AvgIpc) is 3.07. The molecule has 0 radical (unpaired) electrons. The number of sulfonamides is 2. The molecule has 26 heavy (non-hydrogen) atoms. The van der Waals surface area contributed by atoms with E-state index in [1.165, 1.54) is 6.07 Å². The van der Waals surface area contributed by atoms with Crippen LogP contribution in [0, 0.1) is 0 Å². The zero-order valence-corrected chi connectivity index (χ0v) is 15.3. The number of nitrogens with one attached hydrogen (secondary N) is 5. The molecule has 1 aliphatic heterocycles. The fraction of sp³-hybridized carbons (Fsp3) is 0.143. The van der Waals surface area contributed by atoms with Gasteiger partial charge >= 0.3 is 0 Å². The lowest BCUT2D eigenvalue weighted by molar-refractivity contribution is 0.540. The molecule has 12 heteroatoms. The molecule has 2 aromatic rings. The van der Waals surface area contributed by atoms with Crippen molar-refractivity contribution in [2.75, 3.05) is 11.0 Å². The lowest BCUT2D eigenvalue weighted by atomic mass is 9.98. The summed E-state index contributed by atoms with van der Waals surface area (Å²) in [6.45, 7) is 0. The minimum atomic E-state index is -3.96. The minimum Gasteiger partial charge on any atom is -0.284 e. The zero-order chi connectivity index (χ0) is 18.9. The van der Waals surface area contributed by atoms with Gasteiger partial charge in [0.1, 0.15) is 6.17 Å². The van der Waals surface area contributed by atoms with E-state index >= 15 is 0 Å². The van der Waals surface area contributed by atoms with E-state index in [0.717, 1.165) is 6.26 Å². The average molecular weight is 398 g/mol. The molecular formula is C14H18N6O4S2. The van der Waals surface area contributed by atoms with Crippen LogP contribution in [0.2, 0.25) is 0 Å². The second-order valence-electron chi connectivity index (χ2n) is 5.69. The Bertz CT molecular complexity index is 1020. The van der Waals surface area contributed by atoms with Crippen LogP contribution >= 0.6 is 0 Å². The fourth-order valence-electron chi connectivity index (χ4n) is 2.67. The van der Waals surface area contributed by atoms with Crippen LogP contribution in [0.1, 0.15) is 11.7 Å². The number of hydrogen-bond donors (Lipinski definition) is 6. The van der Waals surface area contributed by atoms with E-state index in [9.17, 15) is 16.8 Å². The highest BCUT2D eigenvalue weighted by atomic mass is 32.2. The summed E-state index contributed by atoms with van der Waals surface area (Å²) in [7, 11) is -7.35. The van der Waals surface area contributed by atoms with Crippen molar-refractivity contribution in [1.29, 1.82) is 0 Å². The van der Waals surface area contributed by atoms with Crippen LogP contribution in [0.15, 0.2) is 47.4 Å². The standard InChI is InChI=1S/C14H18N6O4S2/c1-25(21,22)18-10-7-5-9(6-8-10)11-3-2-4-12(26(15,23)24)13(11)14-16-19-20-17-14/h2-8,14,16-20H,1H3,(H2,15,23,24). The summed E-state index contributed by atoms with van der Waals surface area (Å²) in [4.78, 5) is -0.0242. The normalized spacial score (nSPS) is 15.9. The third-order valence-corrected chi connectivity index (χ3v) is 5.23. The predicted octanol–water partition coefficient (Wildman–Crippen LogP) is -0.512. The highest BCUT2D eigenvalue weighted by Gasteiger charge is 2.26. The van der Waals surface area contributed by atoms with Crippen molar-refractivity contribution in [2.24, 2.45) is 5.14 Å². The van der Waals surface area contributed by atoms with Gasteiger partial charge in [-0.3, -0.25) is 4.72 Å². The second-order valence-corrected chi connectivity index (χ2v) is 8.96. The monoisotopic (exact) mass is 398 g/mol. The molecule has 0 saturated carbocycles. The van der Waals surface area contributed by atoms with Gasteiger partial charge in [0.25, 0.3) is 0 Å². The molecule has 0 spiro atoms. The summed E-state index contributed by atoms with van der Waals surface area (Å²) in [6.07, 6.45) is 0.500. The molecule has 3 rings (SSSR count). The van der Waals surface area contributed by atoms with Crippen molar-refractivity contribution in [2.45, 2.75) is 11.1 Å². The third-order valence-electron chi connectivity index (χ3n) is 3.66. The van der Waals surface area contributed by atoms with Crippen LogP contribution in [-0.4, -0.2) is 23.1 Å². The molecule has 2 aromatic carbocycles. The summed E-state index contributed by atoms with van der Waals surface area (Å²) in [5, 5.41) is 5.36. The van der Waals surface area contributed by atoms with E-state index in [2.05, 4.69) is 26.6 Å². The van der Waals surface area contributed by atoms with Crippen LogP contribution in [0.3, 0.4) is 0 Å². The molecule has 7 N–H and O–H groups in total. The molecule has 1 fully saturated rings. The third kappa shape index (κ3) is 4.19. The molecule has 140 valence electrons. The van der Waals surface area contributed by atoms with Crippen molar-refractivity contribution in [3.63, 3.8) is 0 Å². The number of anilines is 1. The van der Waals surface area contributed by atoms with Gasteiger partial charge in [-0.2, -0.15) is 11.1 Å². The molecule has 1 aliphatic rings. The first-order chi connectivity index (χ1) is 12.1. The summed E-state index contributed by atoms with van der Waals surface area (Å²) in [5.41, 5.74) is 13.1. The van der Waals surface area contributed by atoms with E-state index in [0.29, 0.717) is 22.4 Å². The van der Waals surface area contributed by atoms with Gasteiger partial charge in [0.15, 0.2) is 0 Å². The second kappa shape index (κ2) is 6.92. The van der Waals surface area contributed by atoms with Crippen molar-refractivity contribution in [3.05, 3.63) is 48.0 Å². The Labute approximate surface area is 151 Å². The maximum Gasteiger partial charge on any atom is 0.238 e. The predicted molar refractivity (Wildman–Crippen MR) is 97.0 cm³/mol. The maximum absolute atomic E-state index is 12.0. The Balaban J connectivity index is 2.10. The molecule has 0 bridgehead atoms. The van der Waals surface area contributed by atoms with Gasteiger partial charge in [0.2, 0.25) is 20.0 Å². The van der Waals surface area contributed by atoms with E-state index in [1.807, 2.05) is 0 Å². The van der Waals surface area contributed by atoms with E-state index in [4.69, 9.17) is 5.14 Å². The van der Waals surface area contributed by atoms with Gasteiger partial charge in [-0.1, -0.05) is 24.3 Å². The molecule has 0 aromatic heterocycles. The number of nitrogens with two attached hydrogens (primary N) is 1. The lowest BCUT2D eigenvalue weighted by Crippen LogP contribution is -2.33. The van der Waals surface area contributed by atoms with Gasteiger partial charge < -0.3 is 0 Å². The number of hydrazine groups is 3. The molecular weight excluding hydrogens is 380 g/mol. The van der Waals surface area contributed by atoms with E-state index in [-0.39, 0.29) is 4.90 Å². The molecule has 0 aliphatic carbocycles. The molecule has 1 heterocycles. The van der Waals surface area contributed by atoms with Crippen molar-refractivity contribution in [3.8, 4) is 11.1 Å². The Kier molecular flexibility index (Phi) is 4.98.